The van der Waals surface area contributed by atoms with Gasteiger partial charge < -0.3 is 0 Å². The molecule has 0 saturated carbocycles. The Labute approximate surface area is 106 Å². The Hall–Kier alpha value is -2.10. The zero-order chi connectivity index (χ0) is 12.7. The van der Waals surface area contributed by atoms with E-state index in [9.17, 15) is 0 Å². The summed E-state index contributed by atoms with van der Waals surface area (Å²) in [5.74, 6) is 0.492. The first-order chi connectivity index (χ1) is 8.65. The van der Waals surface area contributed by atoms with Crippen molar-refractivity contribution in [2.45, 2.75) is 19.8 Å². The molecule has 0 amide bonds. The number of aromatic nitrogens is 4. The SMILES string of the molecule is CC(C)c1cnn2cc(-c3cnn(C)c3)ccc12. The average Bonchev–Trinajstić information content (AvgIpc) is 2.93. The van der Waals surface area contributed by atoms with Crippen molar-refractivity contribution >= 4 is 5.52 Å². The van der Waals surface area contributed by atoms with E-state index < -0.39 is 0 Å². The van der Waals surface area contributed by atoms with Gasteiger partial charge in [-0.3, -0.25) is 4.68 Å². The maximum Gasteiger partial charge on any atom is 0.0696 e. The molecule has 3 aromatic rings. The van der Waals surface area contributed by atoms with Crippen molar-refractivity contribution < 1.29 is 0 Å². The molecule has 0 bridgehead atoms. The second-order valence-electron chi connectivity index (χ2n) is 4.90. The minimum atomic E-state index is 0.492. The van der Waals surface area contributed by atoms with Crippen LogP contribution in [0.25, 0.3) is 16.6 Å². The Bertz CT molecular complexity index is 691. The average molecular weight is 240 g/mol. The van der Waals surface area contributed by atoms with Crippen molar-refractivity contribution in [2.75, 3.05) is 0 Å². The van der Waals surface area contributed by atoms with Gasteiger partial charge in [0.2, 0.25) is 0 Å². The quantitative estimate of drug-likeness (QED) is 0.690. The second kappa shape index (κ2) is 3.98. The topological polar surface area (TPSA) is 35.1 Å². The van der Waals surface area contributed by atoms with E-state index in [4.69, 9.17) is 0 Å². The summed E-state index contributed by atoms with van der Waals surface area (Å²) in [6.45, 7) is 4.37. The summed E-state index contributed by atoms with van der Waals surface area (Å²) in [6.07, 6.45) is 7.88. The van der Waals surface area contributed by atoms with Gasteiger partial charge in [0.05, 0.1) is 17.9 Å². The first kappa shape index (κ1) is 11.0. The number of pyridine rings is 1. The molecule has 0 radical (unpaired) electrons. The van der Waals surface area contributed by atoms with Crippen LogP contribution in [-0.2, 0) is 7.05 Å². The largest absolute Gasteiger partial charge is 0.275 e. The smallest absolute Gasteiger partial charge is 0.0696 e. The summed E-state index contributed by atoms with van der Waals surface area (Å²) < 4.78 is 3.75. The zero-order valence-corrected chi connectivity index (χ0v) is 10.8. The van der Waals surface area contributed by atoms with Crippen molar-refractivity contribution in [1.82, 2.24) is 19.4 Å². The van der Waals surface area contributed by atoms with Gasteiger partial charge in [-0.15, -0.1) is 0 Å². The lowest BCUT2D eigenvalue weighted by Gasteiger charge is -2.03. The number of hydrogen-bond acceptors (Lipinski definition) is 2. The predicted molar refractivity (Wildman–Crippen MR) is 71.5 cm³/mol. The number of hydrogen-bond donors (Lipinski definition) is 0. The van der Waals surface area contributed by atoms with E-state index in [1.165, 1.54) is 11.1 Å². The molecule has 4 nitrogen and oxygen atoms in total. The molecular formula is C14H16N4. The Morgan fingerprint density at radius 2 is 1.83 bits per heavy atom. The fraction of sp³-hybridized carbons (Fsp3) is 0.286. The summed E-state index contributed by atoms with van der Waals surface area (Å²) in [7, 11) is 1.92. The predicted octanol–water partition coefficient (Wildman–Crippen LogP) is 2.86. The van der Waals surface area contributed by atoms with Gasteiger partial charge in [-0.25, -0.2) is 4.52 Å². The molecule has 0 spiro atoms. The van der Waals surface area contributed by atoms with Gasteiger partial charge in [-0.2, -0.15) is 10.2 Å². The molecule has 0 saturated heterocycles. The van der Waals surface area contributed by atoms with Crippen LogP contribution in [0.5, 0.6) is 0 Å². The van der Waals surface area contributed by atoms with E-state index in [0.29, 0.717) is 5.92 Å². The molecule has 3 heterocycles. The Balaban J connectivity index is 2.12. The van der Waals surface area contributed by atoms with Crippen LogP contribution in [0.15, 0.2) is 36.9 Å². The minimum Gasteiger partial charge on any atom is -0.275 e. The molecule has 0 N–H and O–H groups in total. The van der Waals surface area contributed by atoms with E-state index in [-0.39, 0.29) is 0 Å². The lowest BCUT2D eigenvalue weighted by molar-refractivity contribution is 0.768. The molecule has 4 heteroatoms. The summed E-state index contributed by atoms with van der Waals surface area (Å²) >= 11 is 0. The van der Waals surface area contributed by atoms with Crippen LogP contribution >= 0.6 is 0 Å². The van der Waals surface area contributed by atoms with Crippen molar-refractivity contribution in [3.8, 4) is 11.1 Å². The molecule has 3 aromatic heterocycles. The van der Waals surface area contributed by atoms with Gasteiger partial charge in [0.1, 0.15) is 0 Å². The highest BCUT2D eigenvalue weighted by molar-refractivity contribution is 5.65. The van der Waals surface area contributed by atoms with Crippen molar-refractivity contribution in [2.24, 2.45) is 7.05 Å². The molecule has 0 unspecified atom stereocenters. The van der Waals surface area contributed by atoms with Crippen LogP contribution in [0.2, 0.25) is 0 Å². The summed E-state index contributed by atoms with van der Waals surface area (Å²) in [5.41, 5.74) is 4.71. The molecule has 18 heavy (non-hydrogen) atoms. The van der Waals surface area contributed by atoms with Crippen molar-refractivity contribution in [1.29, 1.82) is 0 Å². The first-order valence-electron chi connectivity index (χ1n) is 6.11. The van der Waals surface area contributed by atoms with Crippen LogP contribution in [0.4, 0.5) is 0 Å². The number of fused-ring (bicyclic) bond motifs is 1. The second-order valence-corrected chi connectivity index (χ2v) is 4.90. The first-order valence-corrected chi connectivity index (χ1v) is 6.11. The normalized spacial score (nSPS) is 11.6. The maximum absolute atomic E-state index is 4.42. The van der Waals surface area contributed by atoms with E-state index in [1.807, 2.05) is 34.8 Å². The van der Waals surface area contributed by atoms with Gasteiger partial charge >= 0.3 is 0 Å². The third-order valence-corrected chi connectivity index (χ3v) is 3.21. The Morgan fingerprint density at radius 3 is 2.50 bits per heavy atom. The highest BCUT2D eigenvalue weighted by atomic mass is 15.2. The molecule has 92 valence electrons. The third kappa shape index (κ3) is 1.70. The number of aryl methyl sites for hydroxylation is 1. The van der Waals surface area contributed by atoms with Crippen LogP contribution in [-0.4, -0.2) is 19.4 Å². The van der Waals surface area contributed by atoms with Crippen molar-refractivity contribution in [3.63, 3.8) is 0 Å². The van der Waals surface area contributed by atoms with Crippen LogP contribution < -0.4 is 0 Å². The molecule has 0 aliphatic carbocycles. The number of rotatable bonds is 2. The van der Waals surface area contributed by atoms with Gasteiger partial charge in [0, 0.05) is 36.1 Å². The Kier molecular flexibility index (Phi) is 2.44. The van der Waals surface area contributed by atoms with Crippen LogP contribution in [0, 0.1) is 0 Å². The van der Waals surface area contributed by atoms with Gasteiger partial charge in [-0.05, 0) is 12.0 Å². The minimum absolute atomic E-state index is 0.492. The molecule has 0 aliphatic heterocycles. The fourth-order valence-electron chi connectivity index (χ4n) is 2.19. The molecular weight excluding hydrogens is 224 g/mol. The fourth-order valence-corrected chi connectivity index (χ4v) is 2.19. The Morgan fingerprint density at radius 1 is 1.00 bits per heavy atom. The summed E-state index contributed by atoms with van der Waals surface area (Å²) in [4.78, 5) is 0. The lowest BCUT2D eigenvalue weighted by Crippen LogP contribution is -1.90. The third-order valence-electron chi connectivity index (χ3n) is 3.21. The lowest BCUT2D eigenvalue weighted by atomic mass is 10.0. The zero-order valence-electron chi connectivity index (χ0n) is 10.8. The molecule has 0 aromatic carbocycles. The van der Waals surface area contributed by atoms with E-state index in [1.54, 1.807) is 0 Å². The van der Waals surface area contributed by atoms with E-state index >= 15 is 0 Å². The van der Waals surface area contributed by atoms with E-state index in [2.05, 4.69) is 42.4 Å². The highest BCUT2D eigenvalue weighted by Gasteiger charge is 2.09. The van der Waals surface area contributed by atoms with Crippen LogP contribution in [0.3, 0.4) is 0 Å². The standard InChI is InChI=1S/C14H16N4/c1-10(2)13-7-16-18-9-11(4-5-14(13)18)12-6-15-17(3)8-12/h4-10H,1-3H3. The van der Waals surface area contributed by atoms with Crippen LogP contribution in [0.1, 0.15) is 25.3 Å². The van der Waals surface area contributed by atoms with E-state index in [0.717, 1.165) is 11.1 Å². The van der Waals surface area contributed by atoms with Crippen molar-refractivity contribution in [3.05, 3.63) is 42.5 Å². The summed E-state index contributed by atoms with van der Waals surface area (Å²) in [5, 5.41) is 8.62. The molecule has 0 aliphatic rings. The van der Waals surface area contributed by atoms with Gasteiger partial charge in [0.25, 0.3) is 0 Å². The van der Waals surface area contributed by atoms with Gasteiger partial charge in [-0.1, -0.05) is 19.9 Å². The molecule has 0 atom stereocenters. The maximum atomic E-state index is 4.42. The molecule has 0 fully saturated rings. The van der Waals surface area contributed by atoms with Gasteiger partial charge in [0.15, 0.2) is 0 Å². The molecule has 3 rings (SSSR count). The number of nitrogens with zero attached hydrogens (tertiary/aromatic N) is 4. The summed E-state index contributed by atoms with van der Waals surface area (Å²) in [6, 6.07) is 4.25. The highest BCUT2D eigenvalue weighted by Crippen LogP contribution is 2.24. The monoisotopic (exact) mass is 240 g/mol.